The van der Waals surface area contributed by atoms with Crippen LogP contribution in [0.2, 0.25) is 10.0 Å². The Labute approximate surface area is 209 Å². The van der Waals surface area contributed by atoms with Crippen LogP contribution in [0.1, 0.15) is 30.0 Å². The van der Waals surface area contributed by atoms with Gasteiger partial charge in [0.2, 0.25) is 5.91 Å². The molecule has 1 unspecified atom stereocenters. The van der Waals surface area contributed by atoms with E-state index in [0.717, 1.165) is 40.4 Å². The van der Waals surface area contributed by atoms with Crippen LogP contribution in [0, 0.1) is 0 Å². The maximum absolute atomic E-state index is 13.5. The van der Waals surface area contributed by atoms with Crippen LogP contribution in [0.4, 0.5) is 5.69 Å². The van der Waals surface area contributed by atoms with Crippen molar-refractivity contribution in [1.82, 2.24) is 5.32 Å². The third-order valence-electron chi connectivity index (χ3n) is 5.80. The number of rotatable bonds is 7. The van der Waals surface area contributed by atoms with Gasteiger partial charge in [-0.25, -0.2) is 8.42 Å². The molecule has 0 heterocycles. The van der Waals surface area contributed by atoms with E-state index >= 15 is 0 Å². The summed E-state index contributed by atoms with van der Waals surface area (Å²) in [5, 5.41) is 3.51. The number of ether oxygens (including phenoxy) is 1. The summed E-state index contributed by atoms with van der Waals surface area (Å²) in [7, 11) is -2.45. The molecule has 0 saturated carbocycles. The number of carbonyl (C=O) groups is 1. The summed E-state index contributed by atoms with van der Waals surface area (Å²) in [6, 6.07) is 18.0. The first-order chi connectivity index (χ1) is 16.3. The van der Waals surface area contributed by atoms with Crippen molar-refractivity contribution in [2.75, 3.05) is 18.0 Å². The summed E-state index contributed by atoms with van der Waals surface area (Å²) in [6.07, 6.45) is 2.56. The fourth-order valence-electron chi connectivity index (χ4n) is 4.14. The molecule has 0 spiro atoms. The van der Waals surface area contributed by atoms with Gasteiger partial charge >= 0.3 is 0 Å². The smallest absolute Gasteiger partial charge is 0.264 e. The molecule has 1 N–H and O–H groups in total. The number of sulfonamides is 1. The maximum Gasteiger partial charge on any atom is 0.264 e. The first-order valence-electron chi connectivity index (χ1n) is 10.8. The largest absolute Gasteiger partial charge is 0.497 e. The normalized spacial score (nSPS) is 15.3. The highest BCUT2D eigenvalue weighted by molar-refractivity contribution is 7.92. The van der Waals surface area contributed by atoms with Crippen molar-refractivity contribution < 1.29 is 17.9 Å². The second-order valence-corrected chi connectivity index (χ2v) is 10.7. The zero-order chi connectivity index (χ0) is 24.3. The molecule has 0 radical (unpaired) electrons. The topological polar surface area (TPSA) is 75.7 Å². The Bertz CT molecular complexity index is 1300. The molecule has 6 nitrogen and oxygen atoms in total. The monoisotopic (exact) mass is 518 g/mol. The van der Waals surface area contributed by atoms with Gasteiger partial charge in [-0.15, -0.1) is 0 Å². The van der Waals surface area contributed by atoms with Gasteiger partial charge in [0.05, 0.1) is 28.8 Å². The molecule has 0 aromatic heterocycles. The van der Waals surface area contributed by atoms with E-state index in [1.807, 2.05) is 18.2 Å². The van der Waals surface area contributed by atoms with Crippen LogP contribution < -0.4 is 14.4 Å². The van der Waals surface area contributed by atoms with E-state index in [9.17, 15) is 13.2 Å². The third-order valence-corrected chi connectivity index (χ3v) is 8.11. The number of carbonyl (C=O) groups excluding carboxylic acids is 1. The summed E-state index contributed by atoms with van der Waals surface area (Å²) in [5.41, 5.74) is 2.31. The van der Waals surface area contributed by atoms with Crippen molar-refractivity contribution >= 4 is 44.8 Å². The minimum Gasteiger partial charge on any atom is -0.497 e. The van der Waals surface area contributed by atoms with E-state index in [4.69, 9.17) is 27.9 Å². The summed E-state index contributed by atoms with van der Waals surface area (Å²) < 4.78 is 33.4. The van der Waals surface area contributed by atoms with Gasteiger partial charge in [0.1, 0.15) is 12.3 Å². The van der Waals surface area contributed by atoms with E-state index in [0.29, 0.717) is 5.02 Å². The number of amides is 1. The summed E-state index contributed by atoms with van der Waals surface area (Å²) in [5.74, 6) is 0.336. The number of aryl methyl sites for hydroxylation is 1. The molecule has 4 rings (SSSR count). The first-order valence-corrected chi connectivity index (χ1v) is 13.0. The minimum absolute atomic E-state index is 0.0592. The van der Waals surface area contributed by atoms with Crippen LogP contribution in [0.3, 0.4) is 0 Å². The Kier molecular flexibility index (Phi) is 7.36. The lowest BCUT2D eigenvalue weighted by molar-refractivity contribution is -0.120. The fraction of sp³-hybridized carbons (Fsp3) is 0.240. The molecule has 3 aromatic carbocycles. The second kappa shape index (κ2) is 10.3. The quantitative estimate of drug-likeness (QED) is 0.454. The molecule has 34 heavy (non-hydrogen) atoms. The number of hydrogen-bond acceptors (Lipinski definition) is 4. The van der Waals surface area contributed by atoms with Gasteiger partial charge in [-0.1, -0.05) is 47.5 Å². The molecule has 178 valence electrons. The number of nitrogens with one attached hydrogen (secondary N) is 1. The lowest BCUT2D eigenvalue weighted by Gasteiger charge is -2.29. The Morgan fingerprint density at radius 2 is 1.85 bits per heavy atom. The summed E-state index contributed by atoms with van der Waals surface area (Å²) >= 11 is 12.4. The van der Waals surface area contributed by atoms with Crippen molar-refractivity contribution in [3.05, 3.63) is 87.9 Å². The van der Waals surface area contributed by atoms with Crippen LogP contribution in [0.15, 0.2) is 71.6 Å². The van der Waals surface area contributed by atoms with Crippen molar-refractivity contribution in [1.29, 1.82) is 0 Å². The van der Waals surface area contributed by atoms with Crippen molar-refractivity contribution in [3.8, 4) is 5.75 Å². The minimum atomic E-state index is -4.07. The second-order valence-electron chi connectivity index (χ2n) is 8.00. The first kappa shape index (κ1) is 24.4. The molecule has 1 aliphatic carbocycles. The average molecular weight is 519 g/mol. The number of halogens is 2. The van der Waals surface area contributed by atoms with Crippen molar-refractivity contribution in [3.63, 3.8) is 0 Å². The third kappa shape index (κ3) is 5.17. The molecule has 1 atom stereocenters. The fourth-order valence-corrected chi connectivity index (χ4v) is 6.16. The Balaban J connectivity index is 1.63. The van der Waals surface area contributed by atoms with Crippen molar-refractivity contribution in [2.45, 2.75) is 30.2 Å². The van der Waals surface area contributed by atoms with Crippen LogP contribution in [-0.2, 0) is 21.2 Å². The average Bonchev–Trinajstić information content (AvgIpc) is 2.83. The Morgan fingerprint density at radius 3 is 2.56 bits per heavy atom. The number of benzene rings is 3. The zero-order valence-electron chi connectivity index (χ0n) is 18.5. The van der Waals surface area contributed by atoms with E-state index in [-0.39, 0.29) is 21.6 Å². The predicted octanol–water partition coefficient (Wildman–Crippen LogP) is 5.39. The van der Waals surface area contributed by atoms with Crippen LogP contribution in [-0.4, -0.2) is 28.0 Å². The number of anilines is 1. The van der Waals surface area contributed by atoms with Gasteiger partial charge in [-0.05, 0) is 72.9 Å². The lowest BCUT2D eigenvalue weighted by atomic mass is 9.87. The van der Waals surface area contributed by atoms with E-state index < -0.39 is 22.5 Å². The molecule has 0 bridgehead atoms. The van der Waals surface area contributed by atoms with E-state index in [1.165, 1.54) is 24.3 Å². The standard InChI is InChI=1S/C25H24Cl2N2O4S/c1-33-19-11-12-21-17(14-19)6-5-9-23(21)28-25(30)16-29(24-13-10-18(26)15-22(24)27)34(31,32)20-7-3-2-4-8-20/h2-4,7-8,10-15,23H,5-6,9,16H2,1H3,(H,28,30). The van der Waals surface area contributed by atoms with Crippen molar-refractivity contribution in [2.24, 2.45) is 0 Å². The van der Waals surface area contributed by atoms with Gasteiger partial charge < -0.3 is 10.1 Å². The molecule has 0 aliphatic heterocycles. The Morgan fingerprint density at radius 1 is 1.09 bits per heavy atom. The number of fused-ring (bicyclic) bond motifs is 1. The highest BCUT2D eigenvalue weighted by Crippen LogP contribution is 2.34. The van der Waals surface area contributed by atoms with E-state index in [1.54, 1.807) is 31.4 Å². The predicted molar refractivity (Wildman–Crippen MR) is 134 cm³/mol. The zero-order valence-corrected chi connectivity index (χ0v) is 20.8. The maximum atomic E-state index is 13.5. The summed E-state index contributed by atoms with van der Waals surface area (Å²) in [6.45, 7) is -0.430. The van der Waals surface area contributed by atoms with E-state index in [2.05, 4.69) is 5.32 Å². The summed E-state index contributed by atoms with van der Waals surface area (Å²) in [4.78, 5) is 13.2. The molecule has 0 fully saturated rings. The molecule has 0 saturated heterocycles. The number of nitrogens with zero attached hydrogens (tertiary/aromatic N) is 1. The Hall–Kier alpha value is -2.74. The van der Waals surface area contributed by atoms with Crippen LogP contribution >= 0.6 is 23.2 Å². The molecule has 1 aliphatic rings. The highest BCUT2D eigenvalue weighted by atomic mass is 35.5. The van der Waals surface area contributed by atoms with Gasteiger partial charge in [0.15, 0.2) is 0 Å². The lowest BCUT2D eigenvalue weighted by Crippen LogP contribution is -2.42. The molecule has 1 amide bonds. The molecule has 3 aromatic rings. The van der Waals surface area contributed by atoms with Gasteiger partial charge in [0.25, 0.3) is 10.0 Å². The van der Waals surface area contributed by atoms with Crippen LogP contribution in [0.25, 0.3) is 0 Å². The van der Waals surface area contributed by atoms with Crippen LogP contribution in [0.5, 0.6) is 5.75 Å². The molecular weight excluding hydrogens is 495 g/mol. The number of hydrogen-bond donors (Lipinski definition) is 1. The SMILES string of the molecule is COc1ccc2c(c1)CCCC2NC(=O)CN(c1ccc(Cl)cc1Cl)S(=O)(=O)c1ccccc1. The highest BCUT2D eigenvalue weighted by Gasteiger charge is 2.30. The molecular formula is C25H24Cl2N2O4S. The number of methoxy groups -OCH3 is 1. The van der Waals surface area contributed by atoms with Gasteiger partial charge in [0, 0.05) is 5.02 Å². The van der Waals surface area contributed by atoms with Gasteiger partial charge in [-0.3, -0.25) is 9.10 Å². The van der Waals surface area contributed by atoms with Gasteiger partial charge in [-0.2, -0.15) is 0 Å². The molecule has 9 heteroatoms.